The van der Waals surface area contributed by atoms with Gasteiger partial charge in [-0.05, 0) is 34.1 Å². The van der Waals surface area contributed by atoms with Gasteiger partial charge in [0.2, 0.25) is 0 Å². The molecule has 1 N–H and O–H groups in total. The van der Waals surface area contributed by atoms with E-state index >= 15 is 0 Å². The third-order valence-electron chi connectivity index (χ3n) is 2.27. The summed E-state index contributed by atoms with van der Waals surface area (Å²) < 4.78 is 14.7. The summed E-state index contributed by atoms with van der Waals surface area (Å²) in [5, 5.41) is 0. The van der Waals surface area contributed by atoms with Gasteiger partial charge in [-0.1, -0.05) is 19.8 Å². The van der Waals surface area contributed by atoms with Crippen molar-refractivity contribution < 1.29 is 9.00 Å². The number of rotatable bonds is 7. The maximum Gasteiger partial charge on any atom is 0.131 e. The molecule has 0 aromatic heterocycles. The molecular weight excluding hydrogens is 222 g/mol. The molecule has 0 aromatic carbocycles. The molecule has 0 fully saturated rings. The summed E-state index contributed by atoms with van der Waals surface area (Å²) in [5.41, 5.74) is 0. The molecule has 0 aliphatic carbocycles. The van der Waals surface area contributed by atoms with Crippen LogP contribution in [0.15, 0.2) is 0 Å². The van der Waals surface area contributed by atoms with E-state index < -0.39 is 11.0 Å². The van der Waals surface area contributed by atoms with Gasteiger partial charge in [-0.3, -0.25) is 4.79 Å². The average molecular weight is 247 g/mol. The third kappa shape index (κ3) is 7.12. The van der Waals surface area contributed by atoms with Gasteiger partial charge in [0.25, 0.3) is 0 Å². The average Bonchev–Trinajstić information content (AvgIpc) is 2.11. The Bertz CT molecular complexity index is 246. The first-order chi connectivity index (χ1) is 7.27. The molecule has 0 spiro atoms. The van der Waals surface area contributed by atoms with Crippen LogP contribution in [0.2, 0.25) is 0 Å². The highest BCUT2D eigenvalue weighted by Crippen LogP contribution is 2.13. The van der Waals surface area contributed by atoms with Crippen LogP contribution in [0.4, 0.5) is 0 Å². The Labute approximate surface area is 102 Å². The normalized spacial score (nSPS) is 15.8. The minimum atomic E-state index is -1.09. The molecule has 2 atom stereocenters. The van der Waals surface area contributed by atoms with Crippen LogP contribution in [0.5, 0.6) is 0 Å². The molecule has 0 aliphatic rings. The van der Waals surface area contributed by atoms with Crippen LogP contribution in [0.3, 0.4) is 0 Å². The monoisotopic (exact) mass is 247 g/mol. The molecule has 0 heterocycles. The number of hydrogen-bond donors (Lipinski definition) is 1. The number of Topliss-reactive ketones (excluding diaryl/α,β-unsaturated/α-hetero) is 1. The van der Waals surface area contributed by atoms with Gasteiger partial charge in [0, 0.05) is 12.5 Å². The number of carbonyl (C=O) groups is 1. The standard InChI is InChI=1S/C12H25NO2S/c1-6-7-8-11(9-10(2)14)13-16(15)12(3,4)5/h11,13H,6-9H2,1-5H3. The molecule has 0 amide bonds. The number of ketones is 1. The molecule has 0 aliphatic heterocycles. The van der Waals surface area contributed by atoms with Gasteiger partial charge >= 0.3 is 0 Å². The van der Waals surface area contributed by atoms with Gasteiger partial charge in [-0.15, -0.1) is 0 Å². The topological polar surface area (TPSA) is 46.2 Å². The molecule has 0 radical (unpaired) electrons. The second-order valence-corrected chi connectivity index (χ2v) is 7.24. The van der Waals surface area contributed by atoms with E-state index in [0.29, 0.717) is 6.42 Å². The molecule has 3 nitrogen and oxygen atoms in total. The molecule has 2 unspecified atom stereocenters. The molecule has 0 rings (SSSR count). The van der Waals surface area contributed by atoms with E-state index in [2.05, 4.69) is 11.6 Å². The zero-order valence-electron chi connectivity index (χ0n) is 11.1. The molecule has 0 aromatic rings. The van der Waals surface area contributed by atoms with Crippen molar-refractivity contribution >= 4 is 16.8 Å². The van der Waals surface area contributed by atoms with E-state index in [0.717, 1.165) is 19.3 Å². The quantitative estimate of drug-likeness (QED) is 0.751. The first-order valence-electron chi connectivity index (χ1n) is 5.94. The molecule has 0 saturated carbocycles. The molecule has 0 saturated heterocycles. The first kappa shape index (κ1) is 15.8. The highest BCUT2D eigenvalue weighted by Gasteiger charge is 2.23. The molecule has 16 heavy (non-hydrogen) atoms. The number of carbonyl (C=O) groups excluding carboxylic acids is 1. The lowest BCUT2D eigenvalue weighted by molar-refractivity contribution is -0.117. The minimum absolute atomic E-state index is 0.0532. The van der Waals surface area contributed by atoms with Crippen molar-refractivity contribution in [2.24, 2.45) is 0 Å². The van der Waals surface area contributed by atoms with Crippen molar-refractivity contribution in [1.82, 2.24) is 4.72 Å². The summed E-state index contributed by atoms with van der Waals surface area (Å²) in [5.74, 6) is 0.152. The van der Waals surface area contributed by atoms with Gasteiger partial charge in [-0.2, -0.15) is 0 Å². The lowest BCUT2D eigenvalue weighted by atomic mass is 10.1. The summed E-state index contributed by atoms with van der Waals surface area (Å²) in [6.07, 6.45) is 3.55. The van der Waals surface area contributed by atoms with Gasteiger partial charge < -0.3 is 0 Å². The van der Waals surface area contributed by atoms with Gasteiger partial charge in [0.15, 0.2) is 0 Å². The predicted octanol–water partition coefficient (Wildman–Crippen LogP) is 2.58. The lowest BCUT2D eigenvalue weighted by Gasteiger charge is -2.23. The van der Waals surface area contributed by atoms with E-state index in [-0.39, 0.29) is 16.6 Å². The number of nitrogens with one attached hydrogen (secondary N) is 1. The van der Waals surface area contributed by atoms with E-state index in [9.17, 15) is 9.00 Å². The number of hydrogen-bond acceptors (Lipinski definition) is 2. The van der Waals surface area contributed by atoms with Crippen molar-refractivity contribution in [3.05, 3.63) is 0 Å². The minimum Gasteiger partial charge on any atom is -0.300 e. The Morgan fingerprint density at radius 1 is 1.38 bits per heavy atom. The maximum atomic E-state index is 11.9. The van der Waals surface area contributed by atoms with Crippen LogP contribution >= 0.6 is 0 Å². The zero-order chi connectivity index (χ0) is 12.8. The summed E-state index contributed by atoms with van der Waals surface area (Å²) >= 11 is 0. The molecular formula is C12H25NO2S. The fourth-order valence-electron chi connectivity index (χ4n) is 1.33. The predicted molar refractivity (Wildman–Crippen MR) is 69.6 cm³/mol. The first-order valence-corrected chi connectivity index (χ1v) is 7.09. The Kier molecular flexibility index (Phi) is 7.07. The van der Waals surface area contributed by atoms with Gasteiger partial charge in [0.05, 0.1) is 15.7 Å². The third-order valence-corrected chi connectivity index (χ3v) is 3.93. The van der Waals surface area contributed by atoms with E-state index in [4.69, 9.17) is 0 Å². The molecule has 0 bridgehead atoms. The van der Waals surface area contributed by atoms with Crippen molar-refractivity contribution in [2.45, 2.75) is 71.1 Å². The second-order valence-electron chi connectivity index (χ2n) is 5.24. The summed E-state index contributed by atoms with van der Waals surface area (Å²) in [6.45, 7) is 9.49. The highest BCUT2D eigenvalue weighted by molar-refractivity contribution is 7.84. The summed E-state index contributed by atoms with van der Waals surface area (Å²) in [7, 11) is -1.09. The van der Waals surface area contributed by atoms with Gasteiger partial charge in [-0.25, -0.2) is 8.93 Å². The van der Waals surface area contributed by atoms with E-state index in [1.54, 1.807) is 6.92 Å². The van der Waals surface area contributed by atoms with Crippen LogP contribution in [0.25, 0.3) is 0 Å². The van der Waals surface area contributed by atoms with Crippen LogP contribution in [-0.4, -0.2) is 20.8 Å². The summed E-state index contributed by atoms with van der Waals surface area (Å²) in [4.78, 5) is 11.1. The van der Waals surface area contributed by atoms with Crippen LogP contribution in [-0.2, 0) is 15.8 Å². The van der Waals surface area contributed by atoms with Gasteiger partial charge in [0.1, 0.15) is 5.78 Å². The molecule has 96 valence electrons. The van der Waals surface area contributed by atoms with E-state index in [1.807, 2.05) is 20.8 Å². The van der Waals surface area contributed by atoms with Crippen molar-refractivity contribution in [3.8, 4) is 0 Å². The maximum absolute atomic E-state index is 11.9. The van der Waals surface area contributed by atoms with Crippen LogP contribution in [0, 0.1) is 0 Å². The molecule has 4 heteroatoms. The van der Waals surface area contributed by atoms with Crippen molar-refractivity contribution in [2.75, 3.05) is 0 Å². The van der Waals surface area contributed by atoms with E-state index in [1.165, 1.54) is 0 Å². The fraction of sp³-hybridized carbons (Fsp3) is 0.917. The SMILES string of the molecule is CCCCC(CC(C)=O)NS(=O)C(C)(C)C. The van der Waals surface area contributed by atoms with Crippen LogP contribution in [0.1, 0.15) is 60.3 Å². The number of unbranched alkanes of at least 4 members (excludes halogenated alkanes) is 1. The smallest absolute Gasteiger partial charge is 0.131 e. The van der Waals surface area contributed by atoms with Crippen LogP contribution < -0.4 is 4.72 Å². The fourth-order valence-corrected chi connectivity index (χ4v) is 2.19. The summed E-state index contributed by atoms with van der Waals surface area (Å²) in [6, 6.07) is 0.0532. The largest absolute Gasteiger partial charge is 0.300 e. The zero-order valence-corrected chi connectivity index (χ0v) is 11.9. The Morgan fingerprint density at radius 3 is 2.31 bits per heavy atom. The Hall–Kier alpha value is -0.220. The highest BCUT2D eigenvalue weighted by atomic mass is 32.2. The lowest BCUT2D eigenvalue weighted by Crippen LogP contribution is -2.40. The van der Waals surface area contributed by atoms with Crippen molar-refractivity contribution in [3.63, 3.8) is 0 Å². The Morgan fingerprint density at radius 2 is 1.94 bits per heavy atom. The second kappa shape index (κ2) is 7.17. The van der Waals surface area contributed by atoms with Crippen molar-refractivity contribution in [1.29, 1.82) is 0 Å². The Balaban J connectivity index is 4.30.